The molecule has 0 amide bonds. The molecule has 2 atom stereocenters. The zero-order valence-electron chi connectivity index (χ0n) is 18.0. The number of alkyl halides is 3. The molecule has 1 aliphatic rings. The van der Waals surface area contributed by atoms with Crippen molar-refractivity contribution in [3.05, 3.63) is 80.5 Å². The first-order chi connectivity index (χ1) is 17.1. The summed E-state index contributed by atoms with van der Waals surface area (Å²) >= 11 is 0. The van der Waals surface area contributed by atoms with E-state index in [1.807, 2.05) is 0 Å². The summed E-state index contributed by atoms with van der Waals surface area (Å²) in [4.78, 5) is 32.2. The van der Waals surface area contributed by atoms with E-state index in [1.54, 1.807) is 12.1 Å². The Kier molecular flexibility index (Phi) is 4.65. The van der Waals surface area contributed by atoms with Crippen LogP contribution < -0.4 is 11.2 Å². The van der Waals surface area contributed by atoms with Crippen molar-refractivity contribution in [3.8, 4) is 11.3 Å². The average Bonchev–Trinajstić information content (AvgIpc) is 3.44. The summed E-state index contributed by atoms with van der Waals surface area (Å²) in [5.74, 6) is -2.16. The van der Waals surface area contributed by atoms with Gasteiger partial charge < -0.3 is 4.98 Å². The number of H-pyrrole nitrogens is 2. The number of nitrogens with one attached hydrogen (secondary N) is 2. The Morgan fingerprint density at radius 2 is 1.89 bits per heavy atom. The second-order valence-corrected chi connectivity index (χ2v) is 8.58. The van der Waals surface area contributed by atoms with E-state index in [1.165, 1.54) is 18.3 Å². The molecule has 0 radical (unpaired) electrons. The van der Waals surface area contributed by atoms with Crippen molar-refractivity contribution in [1.82, 2.24) is 34.3 Å². The van der Waals surface area contributed by atoms with Gasteiger partial charge in [0.25, 0.3) is 5.56 Å². The summed E-state index contributed by atoms with van der Waals surface area (Å²) in [5, 5.41) is 7.49. The van der Waals surface area contributed by atoms with Crippen LogP contribution in [0.1, 0.15) is 29.4 Å². The summed E-state index contributed by atoms with van der Waals surface area (Å²) in [6, 6.07) is 6.05. The van der Waals surface area contributed by atoms with Crippen molar-refractivity contribution in [2.75, 3.05) is 0 Å². The molecule has 1 aliphatic carbocycles. The fourth-order valence-corrected chi connectivity index (χ4v) is 4.55. The smallest absolute Gasteiger partial charge is 0.313 e. The van der Waals surface area contributed by atoms with Gasteiger partial charge in [0.2, 0.25) is 11.9 Å². The molecule has 184 valence electrons. The van der Waals surface area contributed by atoms with E-state index in [2.05, 4.69) is 25.1 Å². The highest BCUT2D eigenvalue weighted by atomic mass is 19.4. The van der Waals surface area contributed by atoms with E-state index in [-0.39, 0.29) is 39.6 Å². The number of benzene rings is 1. The molecular formula is C22H14F5N7O2. The highest BCUT2D eigenvalue weighted by Crippen LogP contribution is 2.56. The van der Waals surface area contributed by atoms with Gasteiger partial charge >= 0.3 is 11.9 Å². The second kappa shape index (κ2) is 7.57. The number of halogens is 5. The Balaban J connectivity index is 1.42. The standard InChI is InChI=1S/C22H14F5N7O2/c23-17-7-28-19-13(5-15(31-34(17)19)14-6-29-21(36)30-20(14)35)12-4-11(12)9-1-2-10-16(3-9)33(32-18(10)24)8-22(25,26)27/h1-3,5-7,11-12H,4,8H2,(H2,29,30,35,36)/t11-,12+/m1/s1. The van der Waals surface area contributed by atoms with E-state index in [4.69, 9.17) is 0 Å². The minimum absolute atomic E-state index is 0.0102. The zero-order valence-corrected chi connectivity index (χ0v) is 18.0. The summed E-state index contributed by atoms with van der Waals surface area (Å²) in [6.07, 6.45) is -1.87. The van der Waals surface area contributed by atoms with Crippen LogP contribution in [0.4, 0.5) is 22.0 Å². The van der Waals surface area contributed by atoms with Crippen molar-refractivity contribution in [1.29, 1.82) is 0 Å². The normalized spacial score (nSPS) is 17.8. The van der Waals surface area contributed by atoms with Gasteiger partial charge in [0.15, 0.2) is 5.65 Å². The molecule has 0 saturated heterocycles. The average molecular weight is 503 g/mol. The van der Waals surface area contributed by atoms with Crippen LogP contribution in [0.15, 0.2) is 46.2 Å². The van der Waals surface area contributed by atoms with Crippen molar-refractivity contribution in [3.63, 3.8) is 0 Å². The first-order valence-corrected chi connectivity index (χ1v) is 10.7. The predicted octanol–water partition coefficient (Wildman–Crippen LogP) is 3.23. The summed E-state index contributed by atoms with van der Waals surface area (Å²) < 4.78 is 68.9. The van der Waals surface area contributed by atoms with Gasteiger partial charge in [-0.1, -0.05) is 6.07 Å². The molecule has 1 aromatic carbocycles. The third-order valence-electron chi connectivity index (χ3n) is 6.23. The minimum Gasteiger partial charge on any atom is -0.313 e. The highest BCUT2D eigenvalue weighted by Gasteiger charge is 2.42. The van der Waals surface area contributed by atoms with Gasteiger partial charge in [-0.2, -0.15) is 31.6 Å². The van der Waals surface area contributed by atoms with Crippen LogP contribution in [0.3, 0.4) is 0 Å². The molecule has 1 saturated carbocycles. The lowest BCUT2D eigenvalue weighted by atomic mass is 10.0. The number of fused-ring (bicyclic) bond motifs is 2. The molecule has 6 rings (SSSR count). The van der Waals surface area contributed by atoms with Gasteiger partial charge in [0, 0.05) is 11.8 Å². The zero-order chi connectivity index (χ0) is 25.4. The molecule has 0 aliphatic heterocycles. The fourth-order valence-electron chi connectivity index (χ4n) is 4.55. The SMILES string of the molecule is O=c1[nH]cc(-c2cc([C@H]3C[C@@H]3c3ccc4c(F)nn(CC(F)(F)F)c4c3)c3ncc(F)n3n2)c(=O)[nH]1. The van der Waals surface area contributed by atoms with Gasteiger partial charge in [0.05, 0.1) is 28.4 Å². The van der Waals surface area contributed by atoms with Crippen LogP contribution in [-0.2, 0) is 6.54 Å². The van der Waals surface area contributed by atoms with Crippen molar-refractivity contribution >= 4 is 16.6 Å². The van der Waals surface area contributed by atoms with Crippen LogP contribution >= 0.6 is 0 Å². The van der Waals surface area contributed by atoms with E-state index >= 15 is 0 Å². The first-order valence-electron chi connectivity index (χ1n) is 10.7. The Morgan fingerprint density at radius 3 is 2.64 bits per heavy atom. The Morgan fingerprint density at radius 1 is 1.08 bits per heavy atom. The topological polar surface area (TPSA) is 114 Å². The highest BCUT2D eigenvalue weighted by molar-refractivity contribution is 5.80. The number of rotatable bonds is 4. The van der Waals surface area contributed by atoms with Gasteiger partial charge in [0.1, 0.15) is 6.54 Å². The van der Waals surface area contributed by atoms with Crippen molar-refractivity contribution in [2.45, 2.75) is 31.0 Å². The maximum Gasteiger partial charge on any atom is 0.408 e. The van der Waals surface area contributed by atoms with Crippen LogP contribution in [0.2, 0.25) is 0 Å². The third kappa shape index (κ3) is 3.65. The molecule has 5 aromatic rings. The molecule has 0 unspecified atom stereocenters. The van der Waals surface area contributed by atoms with Crippen LogP contribution in [0.25, 0.3) is 27.8 Å². The Bertz CT molecular complexity index is 1780. The molecule has 1 fully saturated rings. The van der Waals surface area contributed by atoms with Gasteiger partial charge in [-0.25, -0.2) is 9.78 Å². The molecule has 0 bridgehead atoms. The fraction of sp³-hybridized carbons (Fsp3) is 0.227. The molecular weight excluding hydrogens is 489 g/mol. The number of hydrogen-bond acceptors (Lipinski definition) is 5. The monoisotopic (exact) mass is 503 g/mol. The van der Waals surface area contributed by atoms with Gasteiger partial charge in [-0.05, 0) is 42.0 Å². The summed E-state index contributed by atoms with van der Waals surface area (Å²) in [7, 11) is 0. The maximum absolute atomic E-state index is 14.4. The minimum atomic E-state index is -4.58. The lowest BCUT2D eigenvalue weighted by Crippen LogP contribution is -2.23. The number of hydrogen-bond donors (Lipinski definition) is 2. The lowest BCUT2D eigenvalue weighted by molar-refractivity contribution is -0.142. The van der Waals surface area contributed by atoms with E-state index in [9.17, 15) is 31.5 Å². The molecule has 9 nitrogen and oxygen atoms in total. The number of nitrogens with zero attached hydrogens (tertiary/aromatic N) is 5. The van der Waals surface area contributed by atoms with Gasteiger partial charge in [-0.3, -0.25) is 14.5 Å². The van der Waals surface area contributed by atoms with Crippen molar-refractivity contribution in [2.24, 2.45) is 0 Å². The number of imidazole rings is 1. The molecule has 0 spiro atoms. The summed E-state index contributed by atoms with van der Waals surface area (Å²) in [6.45, 7) is -1.43. The lowest BCUT2D eigenvalue weighted by Gasteiger charge is -2.09. The van der Waals surface area contributed by atoms with E-state index in [0.717, 1.165) is 10.7 Å². The quantitative estimate of drug-likeness (QED) is 0.366. The summed E-state index contributed by atoms with van der Waals surface area (Å²) in [5.41, 5.74) is 0.136. The van der Waals surface area contributed by atoms with E-state index in [0.29, 0.717) is 22.2 Å². The number of aromatic nitrogens is 7. The third-order valence-corrected chi connectivity index (χ3v) is 6.23. The van der Waals surface area contributed by atoms with E-state index < -0.39 is 35.9 Å². The molecule has 4 aromatic heterocycles. The van der Waals surface area contributed by atoms with Crippen LogP contribution in [-0.4, -0.2) is 40.5 Å². The molecule has 2 N–H and O–H groups in total. The maximum atomic E-state index is 14.4. The van der Waals surface area contributed by atoms with Gasteiger partial charge in [-0.15, -0.1) is 5.10 Å². The molecule has 14 heteroatoms. The molecule has 36 heavy (non-hydrogen) atoms. The number of aromatic amines is 2. The molecule has 4 heterocycles. The largest absolute Gasteiger partial charge is 0.408 e. The predicted molar refractivity (Wildman–Crippen MR) is 115 cm³/mol. The van der Waals surface area contributed by atoms with Crippen molar-refractivity contribution < 1.29 is 22.0 Å². The van der Waals surface area contributed by atoms with Crippen LogP contribution in [0, 0.1) is 11.9 Å². The first kappa shape index (κ1) is 22.1. The second-order valence-electron chi connectivity index (χ2n) is 8.58. The Labute approximate surface area is 196 Å². The Hall–Kier alpha value is -4.36. The van der Waals surface area contributed by atoms with Crippen LogP contribution in [0.5, 0.6) is 0 Å².